The summed E-state index contributed by atoms with van der Waals surface area (Å²) in [6.45, 7) is 9.02. The Kier molecular flexibility index (Phi) is 8.91. The van der Waals surface area contributed by atoms with Gasteiger partial charge in [0.05, 0.1) is 12.6 Å². The number of nitrogens with one attached hydrogen (secondary N) is 3. The maximum atomic E-state index is 12.5. The zero-order valence-electron chi connectivity index (χ0n) is 18.7. The van der Waals surface area contributed by atoms with Crippen LogP contribution in [-0.4, -0.2) is 43.7 Å². The normalized spacial score (nSPS) is 17.4. The summed E-state index contributed by atoms with van der Waals surface area (Å²) in [7, 11) is 0. The highest BCUT2D eigenvalue weighted by atomic mass is 32.1. The molecule has 0 saturated carbocycles. The first-order valence-corrected chi connectivity index (χ1v) is 11.9. The fourth-order valence-electron chi connectivity index (χ4n) is 3.60. The number of amides is 1. The second kappa shape index (κ2) is 11.9. The number of ether oxygens (including phenoxy) is 1. The van der Waals surface area contributed by atoms with E-state index >= 15 is 0 Å². The molecule has 0 bridgehead atoms. The molecule has 1 aliphatic heterocycles. The van der Waals surface area contributed by atoms with Gasteiger partial charge in [0.1, 0.15) is 0 Å². The molecule has 1 amide bonds. The van der Waals surface area contributed by atoms with Crippen molar-refractivity contribution in [3.63, 3.8) is 0 Å². The molecule has 1 saturated heterocycles. The number of hydrogen-bond acceptors (Lipinski definition) is 4. The molecular weight excluding hydrogens is 408 g/mol. The largest absolute Gasteiger partial charge is 0.376 e. The summed E-state index contributed by atoms with van der Waals surface area (Å²) in [4.78, 5) is 19.9. The quantitative estimate of drug-likeness (QED) is 0.409. The summed E-state index contributed by atoms with van der Waals surface area (Å²) in [6.07, 6.45) is 3.19. The molecule has 0 aliphatic carbocycles. The van der Waals surface area contributed by atoms with Gasteiger partial charge in [-0.1, -0.05) is 12.1 Å². The maximum absolute atomic E-state index is 12.5. The number of aliphatic imine (C=N–C) groups is 1. The van der Waals surface area contributed by atoms with E-state index < -0.39 is 0 Å². The van der Waals surface area contributed by atoms with Gasteiger partial charge in [-0.2, -0.15) is 0 Å². The smallest absolute Gasteiger partial charge is 0.251 e. The highest BCUT2D eigenvalue weighted by Crippen LogP contribution is 2.16. The minimum absolute atomic E-state index is 0.0637. The first-order valence-electron chi connectivity index (χ1n) is 11.1. The number of thiophene rings is 1. The average Bonchev–Trinajstić information content (AvgIpc) is 3.42. The molecule has 0 spiro atoms. The van der Waals surface area contributed by atoms with Crippen molar-refractivity contribution in [2.75, 3.05) is 19.7 Å². The fourth-order valence-corrected chi connectivity index (χ4v) is 4.62. The summed E-state index contributed by atoms with van der Waals surface area (Å²) in [5.41, 5.74) is 1.66. The van der Waals surface area contributed by atoms with E-state index in [0.717, 1.165) is 43.9 Å². The molecule has 2 atom stereocenters. The second-order valence-electron chi connectivity index (χ2n) is 8.00. The Morgan fingerprint density at radius 3 is 2.87 bits per heavy atom. The van der Waals surface area contributed by atoms with E-state index in [1.54, 1.807) is 0 Å². The van der Waals surface area contributed by atoms with Gasteiger partial charge in [-0.05, 0) is 63.4 Å². The molecule has 168 valence electrons. The number of nitrogens with zero attached hydrogens (tertiary/aromatic N) is 1. The van der Waals surface area contributed by atoms with E-state index in [1.165, 1.54) is 9.75 Å². The van der Waals surface area contributed by atoms with Crippen LogP contribution >= 0.6 is 11.3 Å². The number of carbonyl (C=O) groups excluding carboxylic acids is 1. The first kappa shape index (κ1) is 23.3. The molecule has 2 unspecified atom stereocenters. The molecule has 3 N–H and O–H groups in total. The van der Waals surface area contributed by atoms with E-state index in [1.807, 2.05) is 35.6 Å². The molecule has 3 rings (SSSR count). The molecule has 1 aliphatic rings. The lowest BCUT2D eigenvalue weighted by molar-refractivity contribution is 0.0857. The molecule has 7 heteroatoms. The van der Waals surface area contributed by atoms with Crippen LogP contribution in [0.5, 0.6) is 0 Å². The van der Waals surface area contributed by atoms with Crippen molar-refractivity contribution < 1.29 is 9.53 Å². The molecule has 2 aromatic rings. The van der Waals surface area contributed by atoms with Crippen molar-refractivity contribution >= 4 is 23.2 Å². The van der Waals surface area contributed by atoms with Crippen LogP contribution in [-0.2, 0) is 17.7 Å². The third-order valence-corrected chi connectivity index (χ3v) is 6.18. The highest BCUT2D eigenvalue weighted by molar-refractivity contribution is 7.11. The fraction of sp³-hybridized carbons (Fsp3) is 0.500. The van der Waals surface area contributed by atoms with Crippen LogP contribution in [0.4, 0.5) is 0 Å². The Balaban J connectivity index is 1.55. The number of benzene rings is 1. The number of carbonyl (C=O) groups is 1. The molecule has 0 radical (unpaired) electrons. The number of rotatable bonds is 9. The third kappa shape index (κ3) is 7.67. The second-order valence-corrected chi connectivity index (χ2v) is 9.37. The van der Waals surface area contributed by atoms with E-state index in [9.17, 15) is 4.79 Å². The lowest BCUT2D eigenvalue weighted by Gasteiger charge is -2.17. The van der Waals surface area contributed by atoms with Gasteiger partial charge in [-0.3, -0.25) is 4.79 Å². The van der Waals surface area contributed by atoms with Crippen molar-refractivity contribution in [2.24, 2.45) is 4.99 Å². The molecule has 6 nitrogen and oxygen atoms in total. The Hall–Kier alpha value is -2.38. The predicted octanol–water partition coefficient (Wildman–Crippen LogP) is 3.65. The lowest BCUT2D eigenvalue weighted by atomic mass is 10.1. The van der Waals surface area contributed by atoms with Crippen molar-refractivity contribution in [1.29, 1.82) is 0 Å². The van der Waals surface area contributed by atoms with Crippen LogP contribution in [0, 0.1) is 6.92 Å². The molecular formula is C24H34N4O2S. The van der Waals surface area contributed by atoms with Crippen molar-refractivity contribution in [2.45, 2.75) is 58.7 Å². The van der Waals surface area contributed by atoms with Gasteiger partial charge in [0, 0.05) is 47.5 Å². The topological polar surface area (TPSA) is 74.8 Å². The van der Waals surface area contributed by atoms with Crippen LogP contribution in [0.25, 0.3) is 0 Å². The van der Waals surface area contributed by atoms with E-state index in [-0.39, 0.29) is 18.1 Å². The predicted molar refractivity (Wildman–Crippen MR) is 128 cm³/mol. The molecule has 2 heterocycles. The highest BCUT2D eigenvalue weighted by Gasteiger charge is 2.16. The van der Waals surface area contributed by atoms with Gasteiger partial charge < -0.3 is 20.7 Å². The molecule has 1 aromatic heterocycles. The maximum Gasteiger partial charge on any atom is 0.251 e. The van der Waals surface area contributed by atoms with Gasteiger partial charge in [-0.15, -0.1) is 11.3 Å². The molecule has 31 heavy (non-hydrogen) atoms. The van der Waals surface area contributed by atoms with Crippen molar-refractivity contribution in [3.8, 4) is 0 Å². The van der Waals surface area contributed by atoms with Crippen molar-refractivity contribution in [1.82, 2.24) is 16.0 Å². The summed E-state index contributed by atoms with van der Waals surface area (Å²) < 4.78 is 5.58. The van der Waals surface area contributed by atoms with E-state index in [0.29, 0.717) is 18.7 Å². The Bertz CT molecular complexity index is 874. The minimum atomic E-state index is -0.0637. The Morgan fingerprint density at radius 1 is 1.29 bits per heavy atom. The summed E-state index contributed by atoms with van der Waals surface area (Å²) in [6, 6.07) is 12.3. The number of hydrogen-bond donors (Lipinski definition) is 3. The zero-order chi connectivity index (χ0) is 22.1. The van der Waals surface area contributed by atoms with Gasteiger partial charge >= 0.3 is 0 Å². The number of aryl methyl sites for hydroxylation is 1. The van der Waals surface area contributed by atoms with Crippen LogP contribution in [0.3, 0.4) is 0 Å². The van der Waals surface area contributed by atoms with E-state index in [2.05, 4.69) is 48.9 Å². The SMILES string of the molecule is CCNC(=NCc1cccc(C(=O)NCC2CCCO2)c1)NC(C)Cc1ccc(C)s1. The van der Waals surface area contributed by atoms with Gasteiger partial charge in [0.25, 0.3) is 5.91 Å². The van der Waals surface area contributed by atoms with Gasteiger partial charge in [0.15, 0.2) is 5.96 Å². The Morgan fingerprint density at radius 2 is 2.16 bits per heavy atom. The summed E-state index contributed by atoms with van der Waals surface area (Å²) >= 11 is 1.84. The summed E-state index contributed by atoms with van der Waals surface area (Å²) in [5, 5.41) is 9.78. The lowest BCUT2D eigenvalue weighted by Crippen LogP contribution is -2.43. The van der Waals surface area contributed by atoms with Crippen LogP contribution in [0.2, 0.25) is 0 Å². The summed E-state index contributed by atoms with van der Waals surface area (Å²) in [5.74, 6) is 0.725. The number of guanidine groups is 1. The first-order chi connectivity index (χ1) is 15.0. The zero-order valence-corrected chi connectivity index (χ0v) is 19.6. The minimum Gasteiger partial charge on any atom is -0.376 e. The Labute approximate surface area is 189 Å². The van der Waals surface area contributed by atoms with Crippen LogP contribution < -0.4 is 16.0 Å². The van der Waals surface area contributed by atoms with Crippen LogP contribution in [0.1, 0.15) is 52.4 Å². The van der Waals surface area contributed by atoms with Crippen molar-refractivity contribution in [3.05, 3.63) is 57.3 Å². The van der Waals surface area contributed by atoms with Gasteiger partial charge in [0.2, 0.25) is 0 Å². The third-order valence-electron chi connectivity index (χ3n) is 5.15. The molecule has 1 aromatic carbocycles. The molecule has 1 fully saturated rings. The van der Waals surface area contributed by atoms with E-state index in [4.69, 9.17) is 9.73 Å². The monoisotopic (exact) mass is 442 g/mol. The standard InChI is InChI=1S/C24H34N4O2S/c1-4-25-24(28-17(2)13-22-11-10-18(3)31-22)27-15-19-7-5-8-20(14-19)23(29)26-16-21-9-6-12-30-21/h5,7-8,10-11,14,17,21H,4,6,9,12-13,15-16H2,1-3H3,(H,26,29)(H2,25,27,28). The average molecular weight is 443 g/mol. The van der Waals surface area contributed by atoms with Crippen LogP contribution in [0.15, 0.2) is 41.4 Å². The van der Waals surface area contributed by atoms with Gasteiger partial charge in [-0.25, -0.2) is 4.99 Å².